The van der Waals surface area contributed by atoms with Crippen LogP contribution in [0.5, 0.6) is 0 Å². The summed E-state index contributed by atoms with van der Waals surface area (Å²) < 4.78 is 10.6. The molecule has 2 rings (SSSR count). The Bertz CT molecular complexity index is 701. The van der Waals surface area contributed by atoms with Crippen molar-refractivity contribution in [1.82, 2.24) is 4.98 Å². The predicted molar refractivity (Wildman–Crippen MR) is 109 cm³/mol. The number of ether oxygens (including phenoxy) is 2. The fourth-order valence-corrected chi connectivity index (χ4v) is 3.11. The van der Waals surface area contributed by atoms with Crippen LogP contribution < -0.4 is 16.4 Å². The van der Waals surface area contributed by atoms with Crippen molar-refractivity contribution in [1.29, 1.82) is 0 Å². The van der Waals surface area contributed by atoms with E-state index in [2.05, 4.69) is 22.5 Å². The molecule has 0 saturated carbocycles. The van der Waals surface area contributed by atoms with Crippen LogP contribution in [0.4, 0.5) is 10.8 Å². The Kier molecular flexibility index (Phi) is 9.20. The van der Waals surface area contributed by atoms with E-state index in [0.29, 0.717) is 45.9 Å². The summed E-state index contributed by atoms with van der Waals surface area (Å²) in [5.74, 6) is -0.0775. The monoisotopic (exact) mass is 392 g/mol. The maximum Gasteiger partial charge on any atom is 0.226 e. The number of anilines is 2. The third-order valence-corrected chi connectivity index (χ3v) is 4.89. The number of carbonyl (C=O) groups excluding carboxylic acids is 1. The molecule has 0 spiro atoms. The van der Waals surface area contributed by atoms with E-state index in [1.807, 2.05) is 31.2 Å². The van der Waals surface area contributed by atoms with Crippen LogP contribution in [0.15, 0.2) is 24.3 Å². The lowest BCUT2D eigenvalue weighted by Gasteiger charge is -2.12. The zero-order chi connectivity index (χ0) is 19.5. The molecule has 0 bridgehead atoms. The Morgan fingerprint density at radius 3 is 2.59 bits per heavy atom. The Balaban J connectivity index is 1.76. The number of hydrogen-bond donors (Lipinski definition) is 3. The topological polar surface area (TPSA) is 98.5 Å². The summed E-state index contributed by atoms with van der Waals surface area (Å²) in [6.07, 6.45) is 0.295. The van der Waals surface area contributed by atoms with E-state index in [1.165, 1.54) is 4.88 Å². The maximum absolute atomic E-state index is 12.2. The van der Waals surface area contributed by atoms with E-state index in [9.17, 15) is 4.79 Å². The summed E-state index contributed by atoms with van der Waals surface area (Å²) in [4.78, 5) is 17.8. The highest BCUT2D eigenvalue weighted by Crippen LogP contribution is 2.23. The number of aryl methyl sites for hydroxylation is 2. The van der Waals surface area contributed by atoms with Crippen molar-refractivity contribution >= 4 is 28.1 Å². The van der Waals surface area contributed by atoms with Crippen LogP contribution in [-0.2, 0) is 20.8 Å². The van der Waals surface area contributed by atoms with E-state index in [4.69, 9.17) is 15.2 Å². The van der Waals surface area contributed by atoms with Gasteiger partial charge in [0.25, 0.3) is 0 Å². The number of rotatable bonds is 12. The van der Waals surface area contributed by atoms with Crippen molar-refractivity contribution in [3.05, 3.63) is 40.4 Å². The molecular weight excluding hydrogens is 364 g/mol. The van der Waals surface area contributed by atoms with Crippen LogP contribution in [0.25, 0.3) is 0 Å². The fourth-order valence-electron chi connectivity index (χ4n) is 2.30. The predicted octanol–water partition coefficient (Wildman–Crippen LogP) is 2.69. The molecule has 0 aliphatic heterocycles. The van der Waals surface area contributed by atoms with Gasteiger partial charge in [0.2, 0.25) is 5.91 Å². The second kappa shape index (κ2) is 11.7. The highest BCUT2D eigenvalue weighted by Gasteiger charge is 2.08. The Morgan fingerprint density at radius 2 is 1.89 bits per heavy atom. The van der Waals surface area contributed by atoms with Crippen LogP contribution in [0.3, 0.4) is 0 Å². The number of hydrogen-bond acceptors (Lipinski definition) is 7. The second-order valence-electron chi connectivity index (χ2n) is 5.98. The molecule has 7 nitrogen and oxygen atoms in total. The molecule has 0 aliphatic rings. The number of benzene rings is 1. The number of carbonyl (C=O) groups is 1. The van der Waals surface area contributed by atoms with Gasteiger partial charge >= 0.3 is 0 Å². The molecule has 148 valence electrons. The quantitative estimate of drug-likeness (QED) is 0.481. The Morgan fingerprint density at radius 1 is 1.15 bits per heavy atom. The molecule has 0 unspecified atom stereocenters. The Labute approximate surface area is 164 Å². The molecule has 1 amide bonds. The zero-order valence-corrected chi connectivity index (χ0v) is 16.7. The van der Waals surface area contributed by atoms with E-state index in [-0.39, 0.29) is 5.91 Å². The smallest absolute Gasteiger partial charge is 0.226 e. The minimum absolute atomic E-state index is 0.0775. The van der Waals surface area contributed by atoms with E-state index >= 15 is 0 Å². The third kappa shape index (κ3) is 7.64. The first-order valence-corrected chi connectivity index (χ1v) is 9.83. The van der Waals surface area contributed by atoms with Crippen LogP contribution in [0.2, 0.25) is 0 Å². The SMILES string of the molecule is Cc1nc(NCc2ccccc2NC(=O)CCOCCOCCN)sc1C. The lowest BCUT2D eigenvalue weighted by Crippen LogP contribution is -2.17. The molecular formula is C19H28N4O3S. The number of nitrogens with zero attached hydrogens (tertiary/aromatic N) is 1. The highest BCUT2D eigenvalue weighted by atomic mass is 32.1. The number of aromatic nitrogens is 1. The number of para-hydroxylation sites is 1. The third-order valence-electron chi connectivity index (χ3n) is 3.86. The summed E-state index contributed by atoms with van der Waals surface area (Å²) in [6.45, 7) is 6.97. The van der Waals surface area contributed by atoms with Gasteiger partial charge in [0.1, 0.15) is 0 Å². The molecule has 4 N–H and O–H groups in total. The number of thiazole rings is 1. The summed E-state index contributed by atoms with van der Waals surface area (Å²) >= 11 is 1.63. The average Bonchev–Trinajstić information content (AvgIpc) is 2.98. The van der Waals surface area contributed by atoms with Crippen molar-refractivity contribution < 1.29 is 14.3 Å². The largest absolute Gasteiger partial charge is 0.379 e. The van der Waals surface area contributed by atoms with Crippen molar-refractivity contribution in [2.24, 2.45) is 5.73 Å². The Hall–Kier alpha value is -2.00. The van der Waals surface area contributed by atoms with Crippen LogP contribution in [0, 0.1) is 13.8 Å². The average molecular weight is 393 g/mol. The highest BCUT2D eigenvalue weighted by molar-refractivity contribution is 7.15. The molecule has 0 atom stereocenters. The van der Waals surface area contributed by atoms with Crippen molar-refractivity contribution in [3.63, 3.8) is 0 Å². The molecule has 0 radical (unpaired) electrons. The van der Waals surface area contributed by atoms with Crippen LogP contribution >= 0.6 is 11.3 Å². The lowest BCUT2D eigenvalue weighted by molar-refractivity contribution is -0.117. The zero-order valence-electron chi connectivity index (χ0n) is 15.9. The molecule has 8 heteroatoms. The van der Waals surface area contributed by atoms with Gasteiger partial charge in [-0.05, 0) is 25.5 Å². The normalized spacial score (nSPS) is 10.8. The summed E-state index contributed by atoms with van der Waals surface area (Å²) in [6, 6.07) is 7.74. The van der Waals surface area contributed by atoms with Gasteiger partial charge in [-0.3, -0.25) is 4.79 Å². The van der Waals surface area contributed by atoms with Crippen molar-refractivity contribution in [2.45, 2.75) is 26.8 Å². The van der Waals surface area contributed by atoms with E-state index < -0.39 is 0 Å². The van der Waals surface area contributed by atoms with Gasteiger partial charge in [-0.15, -0.1) is 11.3 Å². The molecule has 1 aromatic heterocycles. The van der Waals surface area contributed by atoms with Crippen LogP contribution in [0.1, 0.15) is 22.6 Å². The van der Waals surface area contributed by atoms with Gasteiger partial charge in [0, 0.05) is 23.7 Å². The van der Waals surface area contributed by atoms with Gasteiger partial charge in [-0.2, -0.15) is 0 Å². The first kappa shape index (κ1) is 21.3. The first-order chi connectivity index (χ1) is 13.1. The number of amides is 1. The lowest BCUT2D eigenvalue weighted by atomic mass is 10.1. The number of nitrogens with one attached hydrogen (secondary N) is 2. The molecule has 1 heterocycles. The fraction of sp³-hybridized carbons (Fsp3) is 0.474. The van der Waals surface area contributed by atoms with E-state index in [0.717, 1.165) is 22.1 Å². The van der Waals surface area contributed by atoms with E-state index in [1.54, 1.807) is 11.3 Å². The van der Waals surface area contributed by atoms with Gasteiger partial charge in [-0.1, -0.05) is 18.2 Å². The summed E-state index contributed by atoms with van der Waals surface area (Å²) in [5, 5.41) is 7.16. The minimum Gasteiger partial charge on any atom is -0.379 e. The molecule has 2 aromatic rings. The minimum atomic E-state index is -0.0775. The molecule has 1 aromatic carbocycles. The van der Waals surface area contributed by atoms with Gasteiger partial charge in [0.15, 0.2) is 5.13 Å². The summed E-state index contributed by atoms with van der Waals surface area (Å²) in [7, 11) is 0. The standard InChI is InChI=1S/C19H28N4O3S/c1-14-15(2)27-19(22-14)21-13-16-5-3-4-6-17(16)23-18(24)7-9-25-11-12-26-10-8-20/h3-6H,7-13,20H2,1-2H3,(H,21,22)(H,23,24). The number of nitrogens with two attached hydrogens (primary N) is 1. The first-order valence-electron chi connectivity index (χ1n) is 9.01. The van der Waals surface area contributed by atoms with Crippen molar-refractivity contribution in [2.75, 3.05) is 43.6 Å². The molecule has 0 saturated heterocycles. The second-order valence-corrected chi connectivity index (χ2v) is 7.19. The van der Waals surface area contributed by atoms with Gasteiger partial charge in [-0.25, -0.2) is 4.98 Å². The molecule has 0 fully saturated rings. The maximum atomic E-state index is 12.2. The van der Waals surface area contributed by atoms with Gasteiger partial charge < -0.3 is 25.8 Å². The molecule has 27 heavy (non-hydrogen) atoms. The summed E-state index contributed by atoms with van der Waals surface area (Å²) in [5.41, 5.74) is 8.17. The van der Waals surface area contributed by atoms with Crippen LogP contribution in [-0.4, -0.2) is 43.9 Å². The molecule has 0 aliphatic carbocycles. The van der Waals surface area contributed by atoms with Crippen molar-refractivity contribution in [3.8, 4) is 0 Å². The van der Waals surface area contributed by atoms with Gasteiger partial charge in [0.05, 0.1) is 38.5 Å².